The standard InChI is InChI=1S/C12H8ClN3S/c1-8-16-7-11(17-8)12(13)10(6-14)9-2-4-15-5-3-9/h2-5,7H,1H3/b12-10+. The predicted molar refractivity (Wildman–Crippen MR) is 69.4 cm³/mol. The van der Waals surface area contributed by atoms with E-state index in [1.807, 2.05) is 6.92 Å². The van der Waals surface area contributed by atoms with Gasteiger partial charge in [0.1, 0.15) is 6.07 Å². The third-order valence-electron chi connectivity index (χ3n) is 2.14. The van der Waals surface area contributed by atoms with E-state index < -0.39 is 0 Å². The van der Waals surface area contributed by atoms with Gasteiger partial charge in [-0.25, -0.2) is 4.98 Å². The Morgan fingerprint density at radius 2 is 2.12 bits per heavy atom. The number of nitriles is 1. The second-order valence-corrected chi connectivity index (χ2v) is 4.89. The van der Waals surface area contributed by atoms with Crippen LogP contribution < -0.4 is 0 Å². The Labute approximate surface area is 108 Å². The third kappa shape index (κ3) is 2.52. The molecule has 0 aliphatic carbocycles. The fourth-order valence-corrected chi connectivity index (χ4v) is 2.38. The maximum atomic E-state index is 9.19. The maximum Gasteiger partial charge on any atom is 0.101 e. The molecule has 2 rings (SSSR count). The molecule has 0 unspecified atom stereocenters. The maximum absolute atomic E-state index is 9.19. The summed E-state index contributed by atoms with van der Waals surface area (Å²) in [4.78, 5) is 8.84. The molecule has 0 bridgehead atoms. The summed E-state index contributed by atoms with van der Waals surface area (Å²) >= 11 is 7.69. The molecule has 0 saturated heterocycles. The zero-order chi connectivity index (χ0) is 12.3. The van der Waals surface area contributed by atoms with Gasteiger partial charge >= 0.3 is 0 Å². The summed E-state index contributed by atoms with van der Waals surface area (Å²) in [6.45, 7) is 1.90. The van der Waals surface area contributed by atoms with Gasteiger partial charge in [-0.3, -0.25) is 4.98 Å². The highest BCUT2D eigenvalue weighted by molar-refractivity contribution is 7.13. The molecule has 0 aliphatic rings. The van der Waals surface area contributed by atoms with Crippen LogP contribution in [0.15, 0.2) is 30.7 Å². The second-order valence-electron chi connectivity index (χ2n) is 3.28. The van der Waals surface area contributed by atoms with E-state index in [-0.39, 0.29) is 0 Å². The number of halogens is 1. The Hall–Kier alpha value is -1.70. The minimum atomic E-state index is 0.435. The molecule has 0 spiro atoms. The van der Waals surface area contributed by atoms with Crippen LogP contribution in [-0.4, -0.2) is 9.97 Å². The molecule has 0 aliphatic heterocycles. The van der Waals surface area contributed by atoms with Crippen LogP contribution in [0.3, 0.4) is 0 Å². The molecule has 0 radical (unpaired) electrons. The van der Waals surface area contributed by atoms with Crippen molar-refractivity contribution in [1.29, 1.82) is 5.26 Å². The van der Waals surface area contributed by atoms with Gasteiger partial charge in [-0.15, -0.1) is 11.3 Å². The van der Waals surface area contributed by atoms with Crippen molar-refractivity contribution in [2.24, 2.45) is 0 Å². The number of rotatable bonds is 2. The number of aryl methyl sites for hydroxylation is 1. The molecule has 0 amide bonds. The highest BCUT2D eigenvalue weighted by atomic mass is 35.5. The molecule has 17 heavy (non-hydrogen) atoms. The van der Waals surface area contributed by atoms with Crippen LogP contribution in [0.4, 0.5) is 0 Å². The van der Waals surface area contributed by atoms with Crippen LogP contribution in [0.1, 0.15) is 15.4 Å². The minimum absolute atomic E-state index is 0.435. The summed E-state index contributed by atoms with van der Waals surface area (Å²) in [6.07, 6.45) is 4.95. The van der Waals surface area contributed by atoms with E-state index in [4.69, 9.17) is 11.6 Å². The normalized spacial score (nSPS) is 11.8. The molecular weight excluding hydrogens is 254 g/mol. The summed E-state index contributed by atoms with van der Waals surface area (Å²) < 4.78 is 0. The third-order valence-corrected chi connectivity index (χ3v) is 3.57. The SMILES string of the molecule is Cc1ncc(/C(Cl)=C(/C#N)c2ccncc2)s1. The van der Waals surface area contributed by atoms with Gasteiger partial charge in [0, 0.05) is 18.6 Å². The second kappa shape index (κ2) is 5.09. The van der Waals surface area contributed by atoms with Crippen LogP contribution >= 0.6 is 22.9 Å². The van der Waals surface area contributed by atoms with Crippen molar-refractivity contribution in [1.82, 2.24) is 9.97 Å². The van der Waals surface area contributed by atoms with Crippen molar-refractivity contribution in [3.05, 3.63) is 46.2 Å². The molecule has 3 nitrogen and oxygen atoms in total. The van der Waals surface area contributed by atoms with E-state index >= 15 is 0 Å². The molecule has 2 aromatic heterocycles. The fourth-order valence-electron chi connectivity index (χ4n) is 1.34. The molecule has 0 N–H and O–H groups in total. The highest BCUT2D eigenvalue weighted by Gasteiger charge is 2.11. The van der Waals surface area contributed by atoms with Crippen LogP contribution in [0.25, 0.3) is 10.6 Å². The number of allylic oxidation sites excluding steroid dienone is 1. The van der Waals surface area contributed by atoms with Gasteiger partial charge in [-0.2, -0.15) is 5.26 Å². The lowest BCUT2D eigenvalue weighted by Gasteiger charge is -2.00. The predicted octanol–water partition coefficient (Wildman–Crippen LogP) is 3.48. The van der Waals surface area contributed by atoms with E-state index in [1.165, 1.54) is 11.3 Å². The Bertz CT molecular complexity index is 596. The first-order chi connectivity index (χ1) is 8.22. The van der Waals surface area contributed by atoms with E-state index in [2.05, 4.69) is 16.0 Å². The van der Waals surface area contributed by atoms with E-state index in [1.54, 1.807) is 30.7 Å². The van der Waals surface area contributed by atoms with Crippen molar-refractivity contribution in [2.75, 3.05) is 0 Å². The first-order valence-electron chi connectivity index (χ1n) is 4.85. The molecule has 0 atom stereocenters. The monoisotopic (exact) mass is 261 g/mol. The Balaban J connectivity index is 2.52. The van der Waals surface area contributed by atoms with Crippen molar-refractivity contribution in [2.45, 2.75) is 6.92 Å². The van der Waals surface area contributed by atoms with Gasteiger partial charge in [0.05, 0.1) is 20.5 Å². The van der Waals surface area contributed by atoms with Gasteiger partial charge in [0.2, 0.25) is 0 Å². The van der Waals surface area contributed by atoms with E-state index in [0.717, 1.165) is 15.4 Å². The molecular formula is C12H8ClN3S. The van der Waals surface area contributed by atoms with Crippen LogP contribution in [0.2, 0.25) is 0 Å². The lowest BCUT2D eigenvalue weighted by atomic mass is 10.1. The molecule has 2 heterocycles. The summed E-state index contributed by atoms with van der Waals surface area (Å²) in [5, 5.41) is 10.5. The average Bonchev–Trinajstić information content (AvgIpc) is 2.78. The molecule has 2 aromatic rings. The van der Waals surface area contributed by atoms with Gasteiger partial charge in [-0.05, 0) is 24.6 Å². The van der Waals surface area contributed by atoms with Crippen molar-refractivity contribution >= 4 is 33.5 Å². The van der Waals surface area contributed by atoms with Crippen molar-refractivity contribution < 1.29 is 0 Å². The highest BCUT2D eigenvalue weighted by Crippen LogP contribution is 2.32. The quantitative estimate of drug-likeness (QED) is 0.778. The van der Waals surface area contributed by atoms with Crippen molar-refractivity contribution in [3.8, 4) is 6.07 Å². The van der Waals surface area contributed by atoms with Crippen LogP contribution in [-0.2, 0) is 0 Å². The number of hydrogen-bond acceptors (Lipinski definition) is 4. The molecule has 0 fully saturated rings. The van der Waals surface area contributed by atoms with Gasteiger partial charge in [0.15, 0.2) is 0 Å². The zero-order valence-electron chi connectivity index (χ0n) is 9.01. The Kier molecular flexibility index (Phi) is 3.52. The number of hydrogen-bond donors (Lipinski definition) is 0. The number of aromatic nitrogens is 2. The summed E-state index contributed by atoms with van der Waals surface area (Å²) in [5.41, 5.74) is 1.20. The first-order valence-corrected chi connectivity index (χ1v) is 6.05. The molecule has 84 valence electrons. The van der Waals surface area contributed by atoms with Gasteiger partial charge < -0.3 is 0 Å². The number of nitrogens with zero attached hydrogens (tertiary/aromatic N) is 3. The zero-order valence-corrected chi connectivity index (χ0v) is 10.6. The molecule has 0 aromatic carbocycles. The van der Waals surface area contributed by atoms with Crippen LogP contribution in [0.5, 0.6) is 0 Å². The number of thiazole rings is 1. The van der Waals surface area contributed by atoms with Crippen molar-refractivity contribution in [3.63, 3.8) is 0 Å². The summed E-state index contributed by atoms with van der Waals surface area (Å²) in [7, 11) is 0. The van der Waals surface area contributed by atoms with E-state index in [9.17, 15) is 5.26 Å². The first kappa shape index (κ1) is 11.8. The lowest BCUT2D eigenvalue weighted by Crippen LogP contribution is -1.84. The lowest BCUT2D eigenvalue weighted by molar-refractivity contribution is 1.30. The van der Waals surface area contributed by atoms with Gasteiger partial charge in [0.25, 0.3) is 0 Å². The van der Waals surface area contributed by atoms with Crippen LogP contribution in [0, 0.1) is 18.3 Å². The molecule has 0 saturated carbocycles. The van der Waals surface area contributed by atoms with E-state index in [0.29, 0.717) is 10.6 Å². The Morgan fingerprint density at radius 1 is 1.41 bits per heavy atom. The largest absolute Gasteiger partial charge is 0.265 e. The smallest absolute Gasteiger partial charge is 0.101 e. The fraction of sp³-hybridized carbons (Fsp3) is 0.0833. The minimum Gasteiger partial charge on any atom is -0.265 e. The average molecular weight is 262 g/mol. The topological polar surface area (TPSA) is 49.6 Å². The van der Waals surface area contributed by atoms with Gasteiger partial charge in [-0.1, -0.05) is 11.6 Å². The molecule has 5 heteroatoms. The summed E-state index contributed by atoms with van der Waals surface area (Å²) in [6, 6.07) is 5.64. The number of pyridine rings is 1. The Morgan fingerprint density at radius 3 is 2.65 bits per heavy atom. The summed E-state index contributed by atoms with van der Waals surface area (Å²) in [5.74, 6) is 0.